The first kappa shape index (κ1) is 30.4. The van der Waals surface area contributed by atoms with Gasteiger partial charge in [-0.3, -0.25) is 14.3 Å². The maximum Gasteiger partial charge on any atom is 0.261 e. The van der Waals surface area contributed by atoms with Crippen LogP contribution in [0, 0.1) is 5.82 Å². The Kier molecular flexibility index (Phi) is 9.29. The quantitative estimate of drug-likeness (QED) is 0.240. The molecule has 1 atom stereocenters. The standard InChI is InChI=1S/C32H30FN3O7S/c1-22(32(38)34-18-24-7-16-29-30(17-24)43-21-42-29)36(19-23-5-3-2-4-6-23)31(37)20-41-27-12-14-28(15-13-27)44(39,40)35-26-10-8-25(33)9-11-26/h2-17,22,35H,18-21H2,1H3,(H,34,38). The van der Waals surface area contributed by atoms with Crippen LogP contribution in [0.3, 0.4) is 0 Å². The van der Waals surface area contributed by atoms with Gasteiger partial charge >= 0.3 is 0 Å². The smallest absolute Gasteiger partial charge is 0.261 e. The van der Waals surface area contributed by atoms with Gasteiger partial charge in [0.05, 0.1) is 4.90 Å². The number of anilines is 1. The van der Waals surface area contributed by atoms with Gasteiger partial charge < -0.3 is 24.4 Å². The fourth-order valence-corrected chi connectivity index (χ4v) is 5.48. The van der Waals surface area contributed by atoms with Crippen molar-refractivity contribution in [3.63, 3.8) is 0 Å². The van der Waals surface area contributed by atoms with Crippen molar-refractivity contribution in [3.8, 4) is 17.2 Å². The minimum atomic E-state index is -3.93. The van der Waals surface area contributed by atoms with Crippen molar-refractivity contribution in [2.24, 2.45) is 0 Å². The second-order valence-corrected chi connectivity index (χ2v) is 11.6. The van der Waals surface area contributed by atoms with Crippen molar-refractivity contribution in [2.45, 2.75) is 31.0 Å². The lowest BCUT2D eigenvalue weighted by molar-refractivity contribution is -0.142. The molecule has 1 aliphatic rings. The number of rotatable bonds is 12. The molecule has 0 fully saturated rings. The number of nitrogens with zero attached hydrogens (tertiary/aromatic N) is 1. The molecular formula is C32H30FN3O7S. The van der Waals surface area contributed by atoms with E-state index in [-0.39, 0.29) is 48.7 Å². The van der Waals surface area contributed by atoms with E-state index >= 15 is 0 Å². The van der Waals surface area contributed by atoms with Crippen LogP contribution >= 0.6 is 0 Å². The Morgan fingerprint density at radius 3 is 2.34 bits per heavy atom. The van der Waals surface area contributed by atoms with E-state index < -0.39 is 27.8 Å². The normalized spacial score (nSPS) is 12.7. The van der Waals surface area contributed by atoms with Gasteiger partial charge in [-0.2, -0.15) is 0 Å². The largest absolute Gasteiger partial charge is 0.484 e. The average Bonchev–Trinajstić information content (AvgIpc) is 3.51. The predicted molar refractivity (Wildman–Crippen MR) is 160 cm³/mol. The monoisotopic (exact) mass is 619 g/mol. The zero-order valence-electron chi connectivity index (χ0n) is 23.7. The number of hydrogen-bond donors (Lipinski definition) is 2. The van der Waals surface area contributed by atoms with E-state index in [2.05, 4.69) is 10.0 Å². The van der Waals surface area contributed by atoms with Crippen LogP contribution in [0.15, 0.2) is 102 Å². The molecule has 0 aliphatic carbocycles. The Morgan fingerprint density at radius 1 is 0.909 bits per heavy atom. The lowest BCUT2D eigenvalue weighted by Crippen LogP contribution is -2.48. The summed E-state index contributed by atoms with van der Waals surface area (Å²) in [7, 11) is -3.93. The Morgan fingerprint density at radius 2 is 1.61 bits per heavy atom. The maximum absolute atomic E-state index is 13.4. The minimum absolute atomic E-state index is 0.0426. The third-order valence-electron chi connectivity index (χ3n) is 6.86. The number of carbonyl (C=O) groups excluding carboxylic acids is 2. The first-order chi connectivity index (χ1) is 21.2. The number of carbonyl (C=O) groups is 2. The molecule has 1 heterocycles. The molecule has 2 amide bonds. The van der Waals surface area contributed by atoms with Crippen LogP contribution in [-0.2, 0) is 32.7 Å². The Bertz CT molecular complexity index is 1720. The van der Waals surface area contributed by atoms with Crippen molar-refractivity contribution < 1.29 is 36.6 Å². The van der Waals surface area contributed by atoms with Crippen LogP contribution in [-0.4, -0.2) is 44.6 Å². The van der Waals surface area contributed by atoms with Crippen LogP contribution in [0.25, 0.3) is 0 Å². The van der Waals surface area contributed by atoms with Crippen LogP contribution in [0.5, 0.6) is 17.2 Å². The summed E-state index contributed by atoms with van der Waals surface area (Å²) in [5.41, 5.74) is 1.86. The molecule has 10 nitrogen and oxygen atoms in total. The highest BCUT2D eigenvalue weighted by molar-refractivity contribution is 7.92. The van der Waals surface area contributed by atoms with Gasteiger partial charge in [0.25, 0.3) is 15.9 Å². The fraction of sp³-hybridized carbons (Fsp3) is 0.188. The summed E-state index contributed by atoms with van der Waals surface area (Å²) in [5.74, 6) is 0.245. The number of sulfonamides is 1. The summed E-state index contributed by atoms with van der Waals surface area (Å²) >= 11 is 0. The molecule has 4 aromatic rings. The molecule has 1 unspecified atom stereocenters. The van der Waals surface area contributed by atoms with Gasteiger partial charge in [0.1, 0.15) is 17.6 Å². The topological polar surface area (TPSA) is 123 Å². The van der Waals surface area contributed by atoms with E-state index in [0.717, 1.165) is 23.3 Å². The highest BCUT2D eigenvalue weighted by Crippen LogP contribution is 2.32. The molecule has 0 saturated heterocycles. The van der Waals surface area contributed by atoms with E-state index in [1.165, 1.54) is 41.3 Å². The van der Waals surface area contributed by atoms with E-state index in [1.807, 2.05) is 36.4 Å². The SMILES string of the molecule is CC(C(=O)NCc1ccc2c(c1)OCO2)N(Cc1ccccc1)C(=O)COc1ccc(S(=O)(=O)Nc2ccc(F)cc2)cc1. The third-order valence-corrected chi connectivity index (χ3v) is 8.26. The van der Waals surface area contributed by atoms with Crippen LogP contribution in [0.1, 0.15) is 18.1 Å². The summed E-state index contributed by atoms with van der Waals surface area (Å²) in [6.45, 7) is 1.82. The van der Waals surface area contributed by atoms with Gasteiger partial charge in [-0.15, -0.1) is 0 Å². The zero-order valence-corrected chi connectivity index (χ0v) is 24.6. The van der Waals surface area contributed by atoms with Crippen LogP contribution in [0.4, 0.5) is 10.1 Å². The number of halogens is 1. The molecule has 0 spiro atoms. The molecule has 0 bridgehead atoms. The second-order valence-electron chi connectivity index (χ2n) is 9.96. The molecule has 2 N–H and O–H groups in total. The highest BCUT2D eigenvalue weighted by Gasteiger charge is 2.27. The molecule has 5 rings (SSSR count). The fourth-order valence-electron chi connectivity index (χ4n) is 4.43. The van der Waals surface area contributed by atoms with E-state index in [1.54, 1.807) is 19.1 Å². The first-order valence-corrected chi connectivity index (χ1v) is 15.2. The molecule has 228 valence electrons. The van der Waals surface area contributed by atoms with Gasteiger partial charge in [-0.1, -0.05) is 36.4 Å². The second kappa shape index (κ2) is 13.5. The van der Waals surface area contributed by atoms with Crippen molar-refractivity contribution in [1.29, 1.82) is 0 Å². The van der Waals surface area contributed by atoms with Gasteiger partial charge in [0, 0.05) is 18.8 Å². The number of fused-ring (bicyclic) bond motifs is 1. The molecule has 0 aromatic heterocycles. The molecule has 1 aliphatic heterocycles. The Balaban J connectivity index is 1.21. The summed E-state index contributed by atoms with van der Waals surface area (Å²) in [5, 5.41) is 2.87. The zero-order chi connectivity index (χ0) is 31.1. The number of hydrogen-bond acceptors (Lipinski definition) is 7. The average molecular weight is 620 g/mol. The molecular weight excluding hydrogens is 589 g/mol. The molecule has 4 aromatic carbocycles. The molecule has 12 heteroatoms. The van der Waals surface area contributed by atoms with Gasteiger partial charge in [0.2, 0.25) is 12.7 Å². The number of ether oxygens (including phenoxy) is 3. The number of benzene rings is 4. The minimum Gasteiger partial charge on any atom is -0.484 e. The van der Waals surface area contributed by atoms with Crippen LogP contribution < -0.4 is 24.2 Å². The molecule has 0 radical (unpaired) electrons. The number of nitrogens with one attached hydrogen (secondary N) is 2. The predicted octanol–water partition coefficient (Wildman–Crippen LogP) is 4.47. The Hall–Kier alpha value is -5.10. The van der Waals surface area contributed by atoms with E-state index in [9.17, 15) is 22.4 Å². The highest BCUT2D eigenvalue weighted by atomic mass is 32.2. The van der Waals surface area contributed by atoms with E-state index in [0.29, 0.717) is 11.5 Å². The Labute approximate surface area is 254 Å². The summed E-state index contributed by atoms with van der Waals surface area (Å²) in [4.78, 5) is 27.9. The van der Waals surface area contributed by atoms with Gasteiger partial charge in [-0.25, -0.2) is 12.8 Å². The van der Waals surface area contributed by atoms with Crippen molar-refractivity contribution >= 4 is 27.5 Å². The lowest BCUT2D eigenvalue weighted by Gasteiger charge is -2.28. The lowest BCUT2D eigenvalue weighted by atomic mass is 10.1. The maximum atomic E-state index is 13.4. The summed E-state index contributed by atoms with van der Waals surface area (Å²) in [6, 6.07) is 24.3. The van der Waals surface area contributed by atoms with Crippen molar-refractivity contribution in [1.82, 2.24) is 10.2 Å². The summed E-state index contributed by atoms with van der Waals surface area (Å²) in [6.07, 6.45) is 0. The van der Waals surface area contributed by atoms with Crippen LogP contribution in [0.2, 0.25) is 0 Å². The van der Waals surface area contributed by atoms with E-state index in [4.69, 9.17) is 14.2 Å². The third kappa shape index (κ3) is 7.64. The van der Waals surface area contributed by atoms with Crippen molar-refractivity contribution in [2.75, 3.05) is 18.1 Å². The van der Waals surface area contributed by atoms with Gasteiger partial charge in [-0.05, 0) is 78.7 Å². The number of amides is 2. The van der Waals surface area contributed by atoms with Crippen molar-refractivity contribution in [3.05, 3.63) is 114 Å². The molecule has 0 saturated carbocycles. The first-order valence-electron chi connectivity index (χ1n) is 13.7. The van der Waals surface area contributed by atoms with Gasteiger partial charge in [0.15, 0.2) is 18.1 Å². The summed E-state index contributed by atoms with van der Waals surface area (Å²) < 4.78 is 57.3. The molecule has 44 heavy (non-hydrogen) atoms.